The van der Waals surface area contributed by atoms with E-state index in [0.29, 0.717) is 24.6 Å². The third kappa shape index (κ3) is 3.36. The molecule has 1 aliphatic heterocycles. The zero-order chi connectivity index (χ0) is 14.5. The van der Waals surface area contributed by atoms with Gasteiger partial charge in [0.05, 0.1) is 7.11 Å². The third-order valence-electron chi connectivity index (χ3n) is 3.53. The van der Waals surface area contributed by atoms with Crippen LogP contribution in [0.2, 0.25) is 0 Å². The number of rotatable bonds is 4. The molecule has 4 nitrogen and oxygen atoms in total. The van der Waals surface area contributed by atoms with Gasteiger partial charge in [-0.1, -0.05) is 6.07 Å². The number of carbonyl (C=O) groups is 1. The minimum absolute atomic E-state index is 0.0582. The van der Waals surface area contributed by atoms with Gasteiger partial charge in [0.2, 0.25) is 5.91 Å². The average molecular weight is 278 g/mol. The molecule has 1 saturated heterocycles. The number of ether oxygens (including phenoxy) is 1. The highest BCUT2D eigenvalue weighted by molar-refractivity contribution is 5.92. The van der Waals surface area contributed by atoms with Gasteiger partial charge in [-0.25, -0.2) is 4.39 Å². The molecule has 0 aliphatic carbocycles. The molecule has 1 aromatic carbocycles. The standard InChI is InChI=1S/C15H19FN2O2/c1-20-14-4-2-11(8-13(14)16)3-5-15(19)18-7-6-12(9-17)10-18/h2-5,8,12H,6-7,9-10,17H2,1H3/b5-3+. The first-order valence-corrected chi connectivity index (χ1v) is 6.64. The van der Waals surface area contributed by atoms with Crippen LogP contribution in [0.1, 0.15) is 12.0 Å². The monoisotopic (exact) mass is 278 g/mol. The number of benzene rings is 1. The summed E-state index contributed by atoms with van der Waals surface area (Å²) in [6.45, 7) is 2.05. The Morgan fingerprint density at radius 2 is 2.40 bits per heavy atom. The number of hydrogen-bond donors (Lipinski definition) is 1. The van der Waals surface area contributed by atoms with Gasteiger partial charge in [-0.3, -0.25) is 4.79 Å². The summed E-state index contributed by atoms with van der Waals surface area (Å²) in [4.78, 5) is 13.7. The molecule has 108 valence electrons. The number of methoxy groups -OCH3 is 1. The van der Waals surface area contributed by atoms with Crippen molar-refractivity contribution >= 4 is 12.0 Å². The molecule has 20 heavy (non-hydrogen) atoms. The van der Waals surface area contributed by atoms with Crippen molar-refractivity contribution < 1.29 is 13.9 Å². The van der Waals surface area contributed by atoms with E-state index in [0.717, 1.165) is 13.0 Å². The van der Waals surface area contributed by atoms with Crippen LogP contribution in [-0.4, -0.2) is 37.6 Å². The minimum atomic E-state index is -0.438. The summed E-state index contributed by atoms with van der Waals surface area (Å²) in [5.74, 6) is 0.0910. The molecular weight excluding hydrogens is 259 g/mol. The predicted molar refractivity (Wildman–Crippen MR) is 75.7 cm³/mol. The lowest BCUT2D eigenvalue weighted by molar-refractivity contribution is -0.125. The fraction of sp³-hybridized carbons (Fsp3) is 0.400. The smallest absolute Gasteiger partial charge is 0.246 e. The summed E-state index contributed by atoms with van der Waals surface area (Å²) in [7, 11) is 1.42. The Bertz CT molecular complexity index is 517. The van der Waals surface area contributed by atoms with E-state index >= 15 is 0 Å². The molecule has 0 radical (unpaired) electrons. The maximum absolute atomic E-state index is 13.5. The Labute approximate surface area is 118 Å². The van der Waals surface area contributed by atoms with E-state index in [1.807, 2.05) is 0 Å². The van der Waals surface area contributed by atoms with Gasteiger partial charge in [0.15, 0.2) is 11.6 Å². The molecule has 0 spiro atoms. The number of amides is 1. The molecule has 0 bridgehead atoms. The number of hydrogen-bond acceptors (Lipinski definition) is 3. The van der Waals surface area contributed by atoms with E-state index in [4.69, 9.17) is 10.5 Å². The van der Waals surface area contributed by atoms with Gasteiger partial charge in [-0.2, -0.15) is 0 Å². The van der Waals surface area contributed by atoms with Crippen molar-refractivity contribution in [3.05, 3.63) is 35.7 Å². The summed E-state index contributed by atoms with van der Waals surface area (Å²) in [6.07, 6.45) is 4.04. The summed E-state index contributed by atoms with van der Waals surface area (Å²) in [5.41, 5.74) is 6.23. The van der Waals surface area contributed by atoms with Crippen LogP contribution in [0.4, 0.5) is 4.39 Å². The van der Waals surface area contributed by atoms with E-state index < -0.39 is 5.82 Å². The fourth-order valence-corrected chi connectivity index (χ4v) is 2.28. The van der Waals surface area contributed by atoms with Crippen molar-refractivity contribution in [3.63, 3.8) is 0 Å². The highest BCUT2D eigenvalue weighted by Crippen LogP contribution is 2.19. The van der Waals surface area contributed by atoms with Gasteiger partial charge in [-0.15, -0.1) is 0 Å². The summed E-state index contributed by atoms with van der Waals surface area (Å²) in [5, 5.41) is 0. The molecule has 1 heterocycles. The number of carbonyl (C=O) groups excluding carboxylic acids is 1. The Balaban J connectivity index is 1.99. The fourth-order valence-electron chi connectivity index (χ4n) is 2.28. The Morgan fingerprint density at radius 1 is 1.60 bits per heavy atom. The van der Waals surface area contributed by atoms with Crippen LogP contribution in [0.25, 0.3) is 6.08 Å². The molecular formula is C15H19FN2O2. The zero-order valence-corrected chi connectivity index (χ0v) is 11.5. The van der Waals surface area contributed by atoms with E-state index in [1.165, 1.54) is 19.3 Å². The molecule has 0 saturated carbocycles. The van der Waals surface area contributed by atoms with Gasteiger partial charge in [-0.05, 0) is 42.7 Å². The molecule has 1 aromatic rings. The van der Waals surface area contributed by atoms with Crippen molar-refractivity contribution in [1.82, 2.24) is 4.90 Å². The molecule has 1 aliphatic rings. The molecule has 1 atom stereocenters. The zero-order valence-electron chi connectivity index (χ0n) is 11.5. The van der Waals surface area contributed by atoms with Crippen LogP contribution < -0.4 is 10.5 Å². The van der Waals surface area contributed by atoms with Gasteiger partial charge >= 0.3 is 0 Å². The highest BCUT2D eigenvalue weighted by atomic mass is 19.1. The van der Waals surface area contributed by atoms with Gasteiger partial charge in [0.1, 0.15) is 0 Å². The van der Waals surface area contributed by atoms with E-state index in [9.17, 15) is 9.18 Å². The van der Waals surface area contributed by atoms with Gasteiger partial charge in [0.25, 0.3) is 0 Å². The van der Waals surface area contributed by atoms with Crippen LogP contribution in [-0.2, 0) is 4.79 Å². The minimum Gasteiger partial charge on any atom is -0.494 e. The van der Waals surface area contributed by atoms with Crippen LogP contribution >= 0.6 is 0 Å². The Hall–Kier alpha value is -1.88. The molecule has 5 heteroatoms. The lowest BCUT2D eigenvalue weighted by atomic mass is 10.1. The van der Waals surface area contributed by atoms with Crippen molar-refractivity contribution in [1.29, 1.82) is 0 Å². The topological polar surface area (TPSA) is 55.6 Å². The molecule has 2 rings (SSSR count). The van der Waals surface area contributed by atoms with Crippen molar-refractivity contribution in [2.45, 2.75) is 6.42 Å². The first kappa shape index (κ1) is 14.5. The predicted octanol–water partition coefficient (Wildman–Crippen LogP) is 1.65. The number of nitrogens with two attached hydrogens (primary N) is 1. The Kier molecular flexibility index (Phi) is 4.74. The van der Waals surface area contributed by atoms with E-state index in [-0.39, 0.29) is 11.7 Å². The lowest BCUT2D eigenvalue weighted by Gasteiger charge is -2.13. The normalized spacial score (nSPS) is 18.8. The van der Waals surface area contributed by atoms with Crippen LogP contribution in [0.3, 0.4) is 0 Å². The van der Waals surface area contributed by atoms with Crippen LogP contribution in [0, 0.1) is 11.7 Å². The quantitative estimate of drug-likeness (QED) is 0.852. The second-order valence-electron chi connectivity index (χ2n) is 4.90. The van der Waals surface area contributed by atoms with Crippen LogP contribution in [0.15, 0.2) is 24.3 Å². The summed E-state index contributed by atoms with van der Waals surface area (Å²) in [6, 6.07) is 4.59. The lowest BCUT2D eigenvalue weighted by Crippen LogP contribution is -2.28. The van der Waals surface area contributed by atoms with Crippen LogP contribution in [0.5, 0.6) is 5.75 Å². The van der Waals surface area contributed by atoms with E-state index in [1.54, 1.807) is 23.1 Å². The summed E-state index contributed by atoms with van der Waals surface area (Å²) < 4.78 is 18.3. The Morgan fingerprint density at radius 3 is 3.00 bits per heavy atom. The van der Waals surface area contributed by atoms with Gasteiger partial charge < -0.3 is 15.4 Å². The number of likely N-dealkylation sites (tertiary alicyclic amines) is 1. The number of halogens is 1. The SMILES string of the molecule is COc1ccc(/C=C/C(=O)N2CCC(CN)C2)cc1F. The second-order valence-corrected chi connectivity index (χ2v) is 4.90. The van der Waals surface area contributed by atoms with Gasteiger partial charge in [0, 0.05) is 19.2 Å². The summed E-state index contributed by atoms with van der Waals surface area (Å²) >= 11 is 0. The highest BCUT2D eigenvalue weighted by Gasteiger charge is 2.23. The van der Waals surface area contributed by atoms with E-state index in [2.05, 4.69) is 0 Å². The third-order valence-corrected chi connectivity index (χ3v) is 3.53. The first-order chi connectivity index (χ1) is 9.63. The number of nitrogens with zero attached hydrogens (tertiary/aromatic N) is 1. The first-order valence-electron chi connectivity index (χ1n) is 6.64. The largest absolute Gasteiger partial charge is 0.494 e. The molecule has 2 N–H and O–H groups in total. The molecule has 1 fully saturated rings. The maximum Gasteiger partial charge on any atom is 0.246 e. The maximum atomic E-state index is 13.5. The molecule has 1 unspecified atom stereocenters. The molecule has 1 amide bonds. The van der Waals surface area contributed by atoms with Crippen molar-refractivity contribution in [2.75, 3.05) is 26.7 Å². The molecule has 0 aromatic heterocycles. The van der Waals surface area contributed by atoms with Crippen molar-refractivity contribution in [3.8, 4) is 5.75 Å². The van der Waals surface area contributed by atoms with Crippen molar-refractivity contribution in [2.24, 2.45) is 11.7 Å². The second kappa shape index (κ2) is 6.52. The average Bonchev–Trinajstić information content (AvgIpc) is 2.94.